The number of hydrogen-bond acceptors (Lipinski definition) is 3. The number of aromatic amines is 1. The van der Waals surface area contributed by atoms with Crippen LogP contribution in [0.1, 0.15) is 53.0 Å². The Balaban J connectivity index is 1.51. The van der Waals surface area contributed by atoms with Crippen molar-refractivity contribution in [2.75, 3.05) is 5.75 Å². The van der Waals surface area contributed by atoms with E-state index in [0.717, 1.165) is 17.9 Å². The largest absolute Gasteiger partial charge is 0.344 e. The topological polar surface area (TPSA) is 57.8 Å². The van der Waals surface area contributed by atoms with Crippen molar-refractivity contribution in [1.82, 2.24) is 15.5 Å². The fourth-order valence-corrected chi connectivity index (χ4v) is 3.91. The maximum absolute atomic E-state index is 12.4. The Morgan fingerprint density at radius 1 is 1.29 bits per heavy atom. The number of benzene rings is 1. The van der Waals surface area contributed by atoms with Gasteiger partial charge in [-0.1, -0.05) is 18.2 Å². The highest BCUT2D eigenvalue weighted by molar-refractivity contribution is 7.99. The van der Waals surface area contributed by atoms with Gasteiger partial charge >= 0.3 is 0 Å². The van der Waals surface area contributed by atoms with Gasteiger partial charge in [-0.15, -0.1) is 11.8 Å². The normalized spacial score (nSPS) is 20.9. The molecule has 4 nitrogen and oxygen atoms in total. The first kappa shape index (κ1) is 13.0. The number of hydrogen-bond donors (Lipinski definition) is 2. The number of carbonyl (C=O) groups is 1. The molecule has 1 aliphatic heterocycles. The lowest BCUT2D eigenvalue weighted by molar-refractivity contribution is 0.0930. The first-order valence-electron chi connectivity index (χ1n) is 7.39. The molecule has 2 aliphatic rings. The number of fused-ring (bicyclic) bond motifs is 1. The Kier molecular flexibility index (Phi) is 3.22. The molecule has 1 unspecified atom stereocenters. The van der Waals surface area contributed by atoms with Crippen molar-refractivity contribution in [3.05, 3.63) is 47.3 Å². The van der Waals surface area contributed by atoms with Gasteiger partial charge in [-0.05, 0) is 37.0 Å². The highest BCUT2D eigenvalue weighted by Crippen LogP contribution is 2.39. The highest BCUT2D eigenvalue weighted by Gasteiger charge is 2.27. The monoisotopic (exact) mass is 299 g/mol. The molecule has 2 aromatic rings. The Bertz CT molecular complexity index is 678. The minimum Gasteiger partial charge on any atom is -0.344 e. The minimum absolute atomic E-state index is 0.0788. The Morgan fingerprint density at radius 3 is 3.00 bits per heavy atom. The van der Waals surface area contributed by atoms with Crippen LogP contribution in [0.15, 0.2) is 35.2 Å². The summed E-state index contributed by atoms with van der Waals surface area (Å²) in [6, 6.07) is 10.3. The average Bonchev–Trinajstić information content (AvgIpc) is 3.25. The molecule has 1 aromatic heterocycles. The van der Waals surface area contributed by atoms with Gasteiger partial charge in [0.05, 0.1) is 6.04 Å². The third kappa shape index (κ3) is 2.58. The van der Waals surface area contributed by atoms with Crippen LogP contribution < -0.4 is 5.32 Å². The average molecular weight is 299 g/mol. The van der Waals surface area contributed by atoms with E-state index in [9.17, 15) is 4.79 Å². The second-order valence-corrected chi connectivity index (χ2v) is 6.82. The summed E-state index contributed by atoms with van der Waals surface area (Å²) in [5, 5.41) is 10.3. The molecule has 1 saturated carbocycles. The summed E-state index contributed by atoms with van der Waals surface area (Å²) in [5.41, 5.74) is 2.83. The molecule has 1 aromatic carbocycles. The van der Waals surface area contributed by atoms with Crippen LogP contribution in [-0.2, 0) is 0 Å². The molecule has 0 bridgehead atoms. The molecule has 1 fully saturated rings. The third-order valence-corrected chi connectivity index (χ3v) is 5.23. The van der Waals surface area contributed by atoms with Crippen LogP contribution in [0.2, 0.25) is 0 Å². The summed E-state index contributed by atoms with van der Waals surface area (Å²) in [6.45, 7) is 0. The first-order chi connectivity index (χ1) is 10.3. The predicted molar refractivity (Wildman–Crippen MR) is 82.6 cm³/mol. The fourth-order valence-electron chi connectivity index (χ4n) is 2.78. The molecule has 1 amide bonds. The van der Waals surface area contributed by atoms with Crippen molar-refractivity contribution in [3.8, 4) is 0 Å². The quantitative estimate of drug-likeness (QED) is 0.914. The summed E-state index contributed by atoms with van der Waals surface area (Å²) in [7, 11) is 0. The SMILES string of the molecule is O=C(NC1CCSc2ccccc21)c1cc(C2CC2)[nH]n1. The van der Waals surface area contributed by atoms with Crippen molar-refractivity contribution in [3.63, 3.8) is 0 Å². The van der Waals surface area contributed by atoms with E-state index in [4.69, 9.17) is 0 Å². The summed E-state index contributed by atoms with van der Waals surface area (Å²) in [6.07, 6.45) is 3.38. The van der Waals surface area contributed by atoms with Crippen LogP contribution in [-0.4, -0.2) is 21.9 Å². The van der Waals surface area contributed by atoms with Crippen LogP contribution in [0.5, 0.6) is 0 Å². The van der Waals surface area contributed by atoms with Gasteiger partial charge in [0, 0.05) is 22.3 Å². The molecule has 0 radical (unpaired) electrons. The van der Waals surface area contributed by atoms with Gasteiger partial charge in [0.2, 0.25) is 0 Å². The van der Waals surface area contributed by atoms with Crippen LogP contribution in [0.25, 0.3) is 0 Å². The number of rotatable bonds is 3. The van der Waals surface area contributed by atoms with E-state index < -0.39 is 0 Å². The van der Waals surface area contributed by atoms with Gasteiger partial charge in [-0.2, -0.15) is 5.10 Å². The number of nitrogens with one attached hydrogen (secondary N) is 2. The van der Waals surface area contributed by atoms with Crippen LogP contribution in [0, 0.1) is 0 Å². The van der Waals surface area contributed by atoms with Gasteiger partial charge in [0.1, 0.15) is 5.69 Å². The Morgan fingerprint density at radius 2 is 2.14 bits per heavy atom. The maximum atomic E-state index is 12.4. The maximum Gasteiger partial charge on any atom is 0.272 e. The molecule has 5 heteroatoms. The van der Waals surface area contributed by atoms with Crippen molar-refractivity contribution in [1.29, 1.82) is 0 Å². The summed E-state index contributed by atoms with van der Waals surface area (Å²) in [5.74, 6) is 1.55. The third-order valence-electron chi connectivity index (χ3n) is 4.11. The zero-order valence-electron chi connectivity index (χ0n) is 11.6. The lowest BCUT2D eigenvalue weighted by atomic mass is 10.0. The molecule has 2 N–H and O–H groups in total. The molecule has 1 aliphatic carbocycles. The molecular weight excluding hydrogens is 282 g/mol. The Hall–Kier alpha value is -1.75. The minimum atomic E-state index is -0.0788. The molecule has 1 atom stereocenters. The van der Waals surface area contributed by atoms with Crippen molar-refractivity contribution in [2.24, 2.45) is 0 Å². The lowest BCUT2D eigenvalue weighted by Gasteiger charge is -2.25. The van der Waals surface area contributed by atoms with Crippen LogP contribution >= 0.6 is 11.8 Å². The van der Waals surface area contributed by atoms with Gasteiger partial charge in [-0.25, -0.2) is 0 Å². The van der Waals surface area contributed by atoms with E-state index in [1.165, 1.54) is 23.3 Å². The molecule has 2 heterocycles. The number of H-pyrrole nitrogens is 1. The van der Waals surface area contributed by atoms with Gasteiger partial charge < -0.3 is 5.32 Å². The number of amides is 1. The molecule has 4 rings (SSSR count). The molecular formula is C16H17N3OS. The van der Waals surface area contributed by atoms with E-state index in [1.54, 1.807) is 0 Å². The second kappa shape index (κ2) is 5.22. The van der Waals surface area contributed by atoms with E-state index in [1.807, 2.05) is 30.0 Å². The number of carbonyl (C=O) groups excluding carboxylic acids is 1. The zero-order valence-corrected chi connectivity index (χ0v) is 12.5. The second-order valence-electron chi connectivity index (χ2n) is 5.68. The summed E-state index contributed by atoms with van der Waals surface area (Å²) in [4.78, 5) is 13.7. The van der Waals surface area contributed by atoms with E-state index >= 15 is 0 Å². The number of aromatic nitrogens is 2. The number of thioether (sulfide) groups is 1. The lowest BCUT2D eigenvalue weighted by Crippen LogP contribution is -2.30. The smallest absolute Gasteiger partial charge is 0.272 e. The predicted octanol–water partition coefficient (Wildman–Crippen LogP) is 3.25. The van der Waals surface area contributed by atoms with Crippen molar-refractivity contribution < 1.29 is 4.79 Å². The van der Waals surface area contributed by atoms with E-state index in [0.29, 0.717) is 11.6 Å². The zero-order chi connectivity index (χ0) is 14.2. The highest BCUT2D eigenvalue weighted by atomic mass is 32.2. The first-order valence-corrected chi connectivity index (χ1v) is 8.38. The molecule has 0 spiro atoms. The van der Waals surface area contributed by atoms with Crippen molar-refractivity contribution in [2.45, 2.75) is 36.1 Å². The van der Waals surface area contributed by atoms with Crippen LogP contribution in [0.4, 0.5) is 0 Å². The van der Waals surface area contributed by atoms with Crippen molar-refractivity contribution >= 4 is 17.7 Å². The number of nitrogens with zero attached hydrogens (tertiary/aromatic N) is 1. The standard InChI is InChI=1S/C16H17N3OS/c20-16(14-9-13(18-19-14)10-5-6-10)17-12-7-8-21-15-4-2-1-3-11(12)15/h1-4,9-10,12H,5-8H2,(H,17,20)(H,18,19). The fraction of sp³-hybridized carbons (Fsp3) is 0.375. The summed E-state index contributed by atoms with van der Waals surface area (Å²) < 4.78 is 0. The van der Waals surface area contributed by atoms with Gasteiger partial charge in [0.25, 0.3) is 5.91 Å². The van der Waals surface area contributed by atoms with Gasteiger partial charge in [0.15, 0.2) is 0 Å². The van der Waals surface area contributed by atoms with E-state index in [-0.39, 0.29) is 11.9 Å². The summed E-state index contributed by atoms with van der Waals surface area (Å²) >= 11 is 1.86. The molecule has 0 saturated heterocycles. The van der Waals surface area contributed by atoms with Gasteiger partial charge in [-0.3, -0.25) is 9.89 Å². The van der Waals surface area contributed by atoms with E-state index in [2.05, 4.69) is 27.6 Å². The van der Waals surface area contributed by atoms with Crippen LogP contribution in [0.3, 0.4) is 0 Å². The Labute approximate surface area is 127 Å². The molecule has 108 valence electrons. The molecule has 21 heavy (non-hydrogen) atoms.